The van der Waals surface area contributed by atoms with Crippen LogP contribution in [0.4, 0.5) is 5.82 Å². The SMILES string of the molecule is CC1CN(c2ncnc3[nH]ccc23)CCN1CC(O)c1ccccc1. The summed E-state index contributed by atoms with van der Waals surface area (Å²) in [5, 5.41) is 11.6. The number of aliphatic hydroxyl groups excluding tert-OH is 1. The van der Waals surface area contributed by atoms with E-state index in [2.05, 4.69) is 31.7 Å². The van der Waals surface area contributed by atoms with Crippen molar-refractivity contribution >= 4 is 16.9 Å². The standard InChI is InChI=1S/C19H23N5O/c1-14-11-24(19-16-7-8-20-18(16)21-13-22-19)10-9-23(14)12-17(25)15-5-3-2-4-6-15/h2-8,13-14,17,25H,9-12H2,1H3,(H,20,21,22). The van der Waals surface area contributed by atoms with E-state index in [1.165, 1.54) is 0 Å². The molecular formula is C19H23N5O. The molecule has 6 heteroatoms. The minimum absolute atomic E-state index is 0.344. The second-order valence-corrected chi connectivity index (χ2v) is 6.65. The van der Waals surface area contributed by atoms with Crippen LogP contribution in [0.3, 0.4) is 0 Å². The summed E-state index contributed by atoms with van der Waals surface area (Å²) in [4.78, 5) is 16.6. The summed E-state index contributed by atoms with van der Waals surface area (Å²) in [6.45, 7) is 5.55. The number of aromatic amines is 1. The second kappa shape index (κ2) is 6.82. The number of piperazine rings is 1. The Morgan fingerprint density at radius 1 is 1.20 bits per heavy atom. The number of rotatable bonds is 4. The number of aromatic nitrogens is 3. The van der Waals surface area contributed by atoms with Crippen LogP contribution in [-0.2, 0) is 0 Å². The highest BCUT2D eigenvalue weighted by Gasteiger charge is 2.27. The van der Waals surface area contributed by atoms with Crippen molar-refractivity contribution in [2.75, 3.05) is 31.1 Å². The van der Waals surface area contributed by atoms with E-state index in [1.807, 2.05) is 42.6 Å². The minimum atomic E-state index is -0.453. The van der Waals surface area contributed by atoms with Crippen molar-refractivity contribution in [1.29, 1.82) is 0 Å². The maximum atomic E-state index is 10.5. The van der Waals surface area contributed by atoms with Crippen molar-refractivity contribution in [2.45, 2.75) is 19.1 Å². The van der Waals surface area contributed by atoms with Crippen molar-refractivity contribution in [3.63, 3.8) is 0 Å². The summed E-state index contributed by atoms with van der Waals surface area (Å²) in [6.07, 6.45) is 3.06. The quantitative estimate of drug-likeness (QED) is 0.764. The van der Waals surface area contributed by atoms with E-state index in [4.69, 9.17) is 0 Å². The molecule has 2 atom stereocenters. The Morgan fingerprint density at radius 2 is 2.04 bits per heavy atom. The molecule has 1 saturated heterocycles. The first kappa shape index (κ1) is 16.1. The zero-order valence-electron chi connectivity index (χ0n) is 14.3. The molecule has 2 unspecified atom stereocenters. The van der Waals surface area contributed by atoms with Gasteiger partial charge >= 0.3 is 0 Å². The number of fused-ring (bicyclic) bond motifs is 1. The van der Waals surface area contributed by atoms with Gasteiger partial charge in [0.15, 0.2) is 0 Å². The first-order valence-corrected chi connectivity index (χ1v) is 8.72. The summed E-state index contributed by atoms with van der Waals surface area (Å²) in [6, 6.07) is 12.2. The molecule has 0 bridgehead atoms. The molecule has 3 heterocycles. The van der Waals surface area contributed by atoms with Crippen LogP contribution in [0.1, 0.15) is 18.6 Å². The molecule has 0 spiro atoms. The van der Waals surface area contributed by atoms with E-state index in [0.29, 0.717) is 12.6 Å². The summed E-state index contributed by atoms with van der Waals surface area (Å²) in [7, 11) is 0. The zero-order valence-corrected chi connectivity index (χ0v) is 14.3. The number of nitrogens with zero attached hydrogens (tertiary/aromatic N) is 4. The Kier molecular flexibility index (Phi) is 4.38. The molecule has 1 aliphatic rings. The Bertz CT molecular complexity index is 834. The van der Waals surface area contributed by atoms with Crippen molar-refractivity contribution in [2.24, 2.45) is 0 Å². The molecular weight excluding hydrogens is 314 g/mol. The maximum Gasteiger partial charge on any atom is 0.142 e. The van der Waals surface area contributed by atoms with Gasteiger partial charge in [-0.25, -0.2) is 9.97 Å². The lowest BCUT2D eigenvalue weighted by molar-refractivity contribution is 0.0849. The number of benzene rings is 1. The van der Waals surface area contributed by atoms with Gasteiger partial charge in [-0.2, -0.15) is 0 Å². The van der Waals surface area contributed by atoms with E-state index < -0.39 is 6.10 Å². The number of nitrogens with one attached hydrogen (secondary N) is 1. The second-order valence-electron chi connectivity index (χ2n) is 6.65. The topological polar surface area (TPSA) is 68.3 Å². The van der Waals surface area contributed by atoms with Crippen molar-refractivity contribution in [3.05, 3.63) is 54.5 Å². The van der Waals surface area contributed by atoms with Gasteiger partial charge in [0.2, 0.25) is 0 Å². The number of hydrogen-bond acceptors (Lipinski definition) is 5. The van der Waals surface area contributed by atoms with Crippen LogP contribution < -0.4 is 4.90 Å². The van der Waals surface area contributed by atoms with Crippen LogP contribution in [0.2, 0.25) is 0 Å². The molecule has 0 aliphatic carbocycles. The molecule has 1 aromatic carbocycles. The molecule has 6 nitrogen and oxygen atoms in total. The lowest BCUT2D eigenvalue weighted by atomic mass is 10.1. The minimum Gasteiger partial charge on any atom is -0.387 e. The average Bonchev–Trinajstić information content (AvgIpc) is 3.13. The van der Waals surface area contributed by atoms with Gasteiger partial charge in [-0.3, -0.25) is 4.90 Å². The highest BCUT2D eigenvalue weighted by molar-refractivity contribution is 5.87. The van der Waals surface area contributed by atoms with Crippen molar-refractivity contribution < 1.29 is 5.11 Å². The van der Waals surface area contributed by atoms with Gasteiger partial charge in [-0.1, -0.05) is 30.3 Å². The third-order valence-corrected chi connectivity index (χ3v) is 4.99. The van der Waals surface area contributed by atoms with Gasteiger partial charge in [0.1, 0.15) is 17.8 Å². The fourth-order valence-electron chi connectivity index (χ4n) is 3.57. The van der Waals surface area contributed by atoms with E-state index in [-0.39, 0.29) is 0 Å². The molecule has 3 aromatic rings. The zero-order chi connectivity index (χ0) is 17.2. The normalized spacial score (nSPS) is 20.1. The smallest absolute Gasteiger partial charge is 0.142 e. The molecule has 4 rings (SSSR count). The van der Waals surface area contributed by atoms with Crippen LogP contribution in [0.5, 0.6) is 0 Å². The van der Waals surface area contributed by atoms with Gasteiger partial charge in [0.25, 0.3) is 0 Å². The van der Waals surface area contributed by atoms with E-state index in [0.717, 1.165) is 42.0 Å². The lowest BCUT2D eigenvalue weighted by Gasteiger charge is -2.41. The molecule has 130 valence electrons. The van der Waals surface area contributed by atoms with Crippen molar-refractivity contribution in [1.82, 2.24) is 19.9 Å². The van der Waals surface area contributed by atoms with Crippen molar-refractivity contribution in [3.8, 4) is 0 Å². The number of H-pyrrole nitrogens is 1. The van der Waals surface area contributed by atoms with E-state index in [1.54, 1.807) is 6.33 Å². The van der Waals surface area contributed by atoms with E-state index >= 15 is 0 Å². The Hall–Kier alpha value is -2.44. The maximum absolute atomic E-state index is 10.5. The Morgan fingerprint density at radius 3 is 2.84 bits per heavy atom. The molecule has 25 heavy (non-hydrogen) atoms. The Labute approximate surface area is 147 Å². The molecule has 2 aromatic heterocycles. The van der Waals surface area contributed by atoms with Crippen LogP contribution in [0.25, 0.3) is 11.0 Å². The summed E-state index contributed by atoms with van der Waals surface area (Å²) >= 11 is 0. The third kappa shape index (κ3) is 3.23. The van der Waals surface area contributed by atoms with E-state index in [9.17, 15) is 5.11 Å². The number of hydrogen-bond donors (Lipinski definition) is 2. The third-order valence-electron chi connectivity index (χ3n) is 4.99. The Balaban J connectivity index is 1.45. The molecule has 1 fully saturated rings. The van der Waals surface area contributed by atoms with Gasteiger partial charge in [-0.15, -0.1) is 0 Å². The number of aliphatic hydroxyl groups is 1. The fraction of sp³-hybridized carbons (Fsp3) is 0.368. The van der Waals surface area contributed by atoms with Gasteiger partial charge in [-0.05, 0) is 18.6 Å². The number of β-amino-alcohol motifs (C(OH)–C–C–N with tert-alkyl or cyclic N) is 1. The molecule has 0 amide bonds. The fourth-order valence-corrected chi connectivity index (χ4v) is 3.57. The highest BCUT2D eigenvalue weighted by atomic mass is 16.3. The first-order chi connectivity index (χ1) is 12.2. The summed E-state index contributed by atoms with van der Waals surface area (Å²) < 4.78 is 0. The molecule has 0 saturated carbocycles. The first-order valence-electron chi connectivity index (χ1n) is 8.72. The lowest BCUT2D eigenvalue weighted by Crippen LogP contribution is -2.53. The van der Waals surface area contributed by atoms with Crippen LogP contribution >= 0.6 is 0 Å². The van der Waals surface area contributed by atoms with Gasteiger partial charge in [0.05, 0.1) is 11.5 Å². The van der Waals surface area contributed by atoms with Gasteiger partial charge < -0.3 is 15.0 Å². The van der Waals surface area contributed by atoms with Crippen LogP contribution in [-0.4, -0.2) is 57.2 Å². The number of anilines is 1. The van der Waals surface area contributed by atoms with Crippen LogP contribution in [0, 0.1) is 0 Å². The summed E-state index contributed by atoms with van der Waals surface area (Å²) in [5.41, 5.74) is 1.85. The summed E-state index contributed by atoms with van der Waals surface area (Å²) in [5.74, 6) is 0.987. The predicted molar refractivity (Wildman–Crippen MR) is 98.5 cm³/mol. The molecule has 2 N–H and O–H groups in total. The largest absolute Gasteiger partial charge is 0.387 e. The molecule has 0 radical (unpaired) electrons. The highest BCUT2D eigenvalue weighted by Crippen LogP contribution is 2.25. The average molecular weight is 337 g/mol. The monoisotopic (exact) mass is 337 g/mol. The van der Waals surface area contributed by atoms with Gasteiger partial charge in [0, 0.05) is 38.4 Å². The molecule has 1 aliphatic heterocycles. The van der Waals surface area contributed by atoms with Crippen LogP contribution in [0.15, 0.2) is 48.9 Å². The predicted octanol–water partition coefficient (Wildman–Crippen LogP) is 2.20.